The minimum atomic E-state index is 0.643. The van der Waals surface area contributed by atoms with Crippen LogP contribution >= 0.6 is 15.9 Å². The highest BCUT2D eigenvalue weighted by Gasteiger charge is 1.99. The van der Waals surface area contributed by atoms with Crippen LogP contribution < -0.4 is 4.74 Å². The van der Waals surface area contributed by atoms with Gasteiger partial charge in [0.2, 0.25) is 0 Å². The van der Waals surface area contributed by atoms with Gasteiger partial charge in [-0.2, -0.15) is 0 Å². The first kappa shape index (κ1) is 9.15. The molecule has 62 valence electrons. The normalized spacial score (nSPS) is 9.08. The smallest absolute Gasteiger partial charge is 0.120 e. The van der Waals surface area contributed by atoms with Crippen molar-refractivity contribution in [3.05, 3.63) is 28.2 Å². The Morgan fingerprint density at radius 2 is 2.33 bits per heavy atom. The summed E-state index contributed by atoms with van der Waals surface area (Å²) in [7, 11) is 1.64. The number of terminal acetylenes is 1. The zero-order valence-corrected chi connectivity index (χ0v) is 8.39. The van der Waals surface area contributed by atoms with Crippen LogP contribution in [0.5, 0.6) is 5.75 Å². The minimum absolute atomic E-state index is 0.643. The van der Waals surface area contributed by atoms with Crippen molar-refractivity contribution >= 4 is 15.9 Å². The lowest BCUT2D eigenvalue weighted by atomic mass is 10.1. The third-order valence-corrected chi connectivity index (χ3v) is 2.29. The summed E-state index contributed by atoms with van der Waals surface area (Å²) in [4.78, 5) is 0. The van der Waals surface area contributed by atoms with Gasteiger partial charge < -0.3 is 4.74 Å². The predicted molar refractivity (Wildman–Crippen MR) is 53.2 cm³/mol. The Morgan fingerprint density at radius 3 is 2.83 bits per heavy atom. The lowest BCUT2D eigenvalue weighted by molar-refractivity contribution is 0.414. The van der Waals surface area contributed by atoms with Gasteiger partial charge in [-0.1, -0.05) is 22.0 Å². The van der Waals surface area contributed by atoms with Crippen LogP contribution in [0.4, 0.5) is 0 Å². The van der Waals surface area contributed by atoms with E-state index in [1.165, 1.54) is 0 Å². The van der Waals surface area contributed by atoms with Crippen molar-refractivity contribution in [2.24, 2.45) is 0 Å². The number of methoxy groups -OCH3 is 1. The molecular weight excluding hydrogens is 216 g/mol. The van der Waals surface area contributed by atoms with Crippen molar-refractivity contribution < 1.29 is 4.74 Å². The Labute approximate surface area is 80.9 Å². The zero-order chi connectivity index (χ0) is 8.97. The van der Waals surface area contributed by atoms with Gasteiger partial charge in [-0.25, -0.2) is 0 Å². The molecule has 0 radical (unpaired) electrons. The highest BCUT2D eigenvalue weighted by molar-refractivity contribution is 9.10. The highest BCUT2D eigenvalue weighted by atomic mass is 79.9. The quantitative estimate of drug-likeness (QED) is 0.703. The number of halogens is 1. The molecule has 0 N–H and O–H groups in total. The van der Waals surface area contributed by atoms with Gasteiger partial charge in [-0.15, -0.1) is 12.3 Å². The van der Waals surface area contributed by atoms with Crippen LogP contribution in [-0.2, 0) is 6.42 Å². The molecule has 0 saturated heterocycles. The molecule has 0 bridgehead atoms. The molecule has 12 heavy (non-hydrogen) atoms. The molecule has 1 aromatic rings. The number of ether oxygens (including phenoxy) is 1. The fourth-order valence-corrected chi connectivity index (χ4v) is 1.41. The van der Waals surface area contributed by atoms with E-state index in [9.17, 15) is 0 Å². The molecule has 0 atom stereocenters. The van der Waals surface area contributed by atoms with Crippen LogP contribution in [0.25, 0.3) is 0 Å². The van der Waals surface area contributed by atoms with Gasteiger partial charge >= 0.3 is 0 Å². The first-order valence-corrected chi connectivity index (χ1v) is 4.33. The van der Waals surface area contributed by atoms with Crippen LogP contribution in [0.3, 0.4) is 0 Å². The summed E-state index contributed by atoms with van der Waals surface area (Å²) < 4.78 is 6.05. The average molecular weight is 225 g/mol. The summed E-state index contributed by atoms with van der Waals surface area (Å²) in [5.74, 6) is 3.43. The molecule has 1 nitrogen and oxygen atoms in total. The second kappa shape index (κ2) is 4.18. The van der Waals surface area contributed by atoms with Crippen molar-refractivity contribution in [2.75, 3.05) is 7.11 Å². The molecular formula is C10H9BrO. The molecule has 0 aliphatic rings. The number of rotatable bonds is 2. The summed E-state index contributed by atoms with van der Waals surface area (Å²) >= 11 is 3.41. The fourth-order valence-electron chi connectivity index (χ4n) is 0.908. The van der Waals surface area contributed by atoms with Gasteiger partial charge in [-0.05, 0) is 17.7 Å². The highest BCUT2D eigenvalue weighted by Crippen LogP contribution is 2.22. The Hall–Kier alpha value is -0.940. The molecule has 0 aromatic heterocycles. The summed E-state index contributed by atoms with van der Waals surface area (Å²) in [5, 5.41) is 0. The second-order valence-electron chi connectivity index (χ2n) is 2.34. The summed E-state index contributed by atoms with van der Waals surface area (Å²) in [6.07, 6.45) is 5.84. The van der Waals surface area contributed by atoms with E-state index in [1.54, 1.807) is 7.11 Å². The first-order valence-electron chi connectivity index (χ1n) is 3.54. The van der Waals surface area contributed by atoms with E-state index in [0.29, 0.717) is 6.42 Å². The van der Waals surface area contributed by atoms with Gasteiger partial charge in [0.1, 0.15) is 5.75 Å². The van der Waals surface area contributed by atoms with E-state index in [-0.39, 0.29) is 0 Å². The number of hydrogen-bond acceptors (Lipinski definition) is 1. The van der Waals surface area contributed by atoms with Crippen LogP contribution in [0, 0.1) is 12.3 Å². The average Bonchev–Trinajstić information content (AvgIpc) is 2.09. The van der Waals surface area contributed by atoms with Crippen LogP contribution in [-0.4, -0.2) is 7.11 Å². The van der Waals surface area contributed by atoms with E-state index in [4.69, 9.17) is 11.2 Å². The number of hydrogen-bond donors (Lipinski definition) is 0. The summed E-state index contributed by atoms with van der Waals surface area (Å²) in [6, 6.07) is 5.77. The van der Waals surface area contributed by atoms with Crippen molar-refractivity contribution in [3.63, 3.8) is 0 Å². The SMILES string of the molecule is C#CCc1ccc(OC)cc1Br. The molecule has 0 fully saturated rings. The van der Waals surface area contributed by atoms with Crippen LogP contribution in [0.2, 0.25) is 0 Å². The molecule has 0 amide bonds. The first-order chi connectivity index (χ1) is 5.77. The summed E-state index contributed by atoms with van der Waals surface area (Å²) in [6.45, 7) is 0. The Balaban J connectivity index is 2.97. The van der Waals surface area contributed by atoms with E-state index in [1.807, 2.05) is 18.2 Å². The second-order valence-corrected chi connectivity index (χ2v) is 3.19. The van der Waals surface area contributed by atoms with Crippen LogP contribution in [0.15, 0.2) is 22.7 Å². The third-order valence-electron chi connectivity index (χ3n) is 1.55. The molecule has 0 spiro atoms. The van der Waals surface area contributed by atoms with Gasteiger partial charge in [0.15, 0.2) is 0 Å². The van der Waals surface area contributed by atoms with Crippen LogP contribution in [0.1, 0.15) is 5.56 Å². The van der Waals surface area contributed by atoms with Gasteiger partial charge in [0.05, 0.1) is 7.11 Å². The molecule has 1 rings (SSSR count). The number of benzene rings is 1. The molecule has 0 aliphatic carbocycles. The lowest BCUT2D eigenvalue weighted by Gasteiger charge is -2.03. The van der Waals surface area contributed by atoms with Gasteiger partial charge in [0.25, 0.3) is 0 Å². The molecule has 0 saturated carbocycles. The van der Waals surface area contributed by atoms with Crippen molar-refractivity contribution in [3.8, 4) is 18.1 Å². The maximum absolute atomic E-state index is 5.20. The Bertz CT molecular complexity index is 312. The lowest BCUT2D eigenvalue weighted by Crippen LogP contribution is -1.86. The molecule has 0 unspecified atom stereocenters. The monoisotopic (exact) mass is 224 g/mol. The fraction of sp³-hybridized carbons (Fsp3) is 0.200. The minimum Gasteiger partial charge on any atom is -0.497 e. The maximum atomic E-state index is 5.20. The maximum Gasteiger partial charge on any atom is 0.120 e. The van der Waals surface area contributed by atoms with Gasteiger partial charge in [-0.3, -0.25) is 0 Å². The van der Waals surface area contributed by atoms with E-state index < -0.39 is 0 Å². The third kappa shape index (κ3) is 2.02. The van der Waals surface area contributed by atoms with E-state index in [2.05, 4.69) is 21.9 Å². The molecule has 0 aliphatic heterocycles. The predicted octanol–water partition coefficient (Wildman–Crippen LogP) is 2.63. The topological polar surface area (TPSA) is 9.23 Å². The van der Waals surface area contributed by atoms with Crippen molar-refractivity contribution in [1.29, 1.82) is 0 Å². The van der Waals surface area contributed by atoms with E-state index in [0.717, 1.165) is 15.8 Å². The van der Waals surface area contributed by atoms with Crippen molar-refractivity contribution in [2.45, 2.75) is 6.42 Å². The van der Waals surface area contributed by atoms with E-state index >= 15 is 0 Å². The zero-order valence-electron chi connectivity index (χ0n) is 6.80. The summed E-state index contributed by atoms with van der Waals surface area (Å²) in [5.41, 5.74) is 1.11. The molecule has 2 heteroatoms. The Kier molecular flexibility index (Phi) is 3.19. The standard InChI is InChI=1S/C10H9BrO/c1-3-4-8-5-6-9(12-2)7-10(8)11/h1,5-7H,4H2,2H3. The molecule has 0 heterocycles. The largest absolute Gasteiger partial charge is 0.497 e. The van der Waals surface area contributed by atoms with Crippen molar-refractivity contribution in [1.82, 2.24) is 0 Å². The Morgan fingerprint density at radius 1 is 1.58 bits per heavy atom. The molecule has 1 aromatic carbocycles. The van der Waals surface area contributed by atoms with Gasteiger partial charge in [0, 0.05) is 10.9 Å².